The highest BCUT2D eigenvalue weighted by Gasteiger charge is 2.24. The molecule has 3 N–H and O–H groups in total. The highest BCUT2D eigenvalue weighted by Crippen LogP contribution is 2.12. The summed E-state index contributed by atoms with van der Waals surface area (Å²) >= 11 is 0. The van der Waals surface area contributed by atoms with Crippen LogP contribution in [0.25, 0.3) is 0 Å². The fourth-order valence-electron chi connectivity index (χ4n) is 1.08. The Morgan fingerprint density at radius 2 is 1.81 bits per heavy atom. The molecule has 0 saturated carbocycles. The Labute approximate surface area is 94.7 Å². The molecule has 0 aliphatic heterocycles. The van der Waals surface area contributed by atoms with Crippen LogP contribution in [0, 0.1) is 5.82 Å². The van der Waals surface area contributed by atoms with Gasteiger partial charge in [-0.15, -0.1) is 0 Å². The molecule has 0 radical (unpaired) electrons. The van der Waals surface area contributed by atoms with Gasteiger partial charge in [0, 0.05) is 12.1 Å². The lowest BCUT2D eigenvalue weighted by Gasteiger charge is -2.23. The number of sulfonamides is 1. The summed E-state index contributed by atoms with van der Waals surface area (Å²) in [7, 11) is -3.64. The number of benzene rings is 1. The van der Waals surface area contributed by atoms with E-state index in [2.05, 4.69) is 4.72 Å². The summed E-state index contributed by atoms with van der Waals surface area (Å²) in [5, 5.41) is 0. The molecule has 1 aromatic carbocycles. The number of rotatable bonds is 4. The predicted molar refractivity (Wildman–Crippen MR) is 59.9 cm³/mol. The summed E-state index contributed by atoms with van der Waals surface area (Å²) < 4.78 is 38.7. The standard InChI is InChI=1S/C10H15FN2O2S/c1-10(2,7-12)13-16(14,15)9-5-3-8(11)4-6-9/h3-6,13H,7,12H2,1-2H3. The zero-order chi connectivity index (χ0) is 12.4. The molecule has 0 heterocycles. The van der Waals surface area contributed by atoms with Gasteiger partial charge in [-0.05, 0) is 38.1 Å². The third-order valence-corrected chi connectivity index (χ3v) is 3.76. The number of hydrogen-bond donors (Lipinski definition) is 2. The smallest absolute Gasteiger partial charge is 0.241 e. The van der Waals surface area contributed by atoms with Gasteiger partial charge in [0.15, 0.2) is 0 Å². The zero-order valence-corrected chi connectivity index (χ0v) is 10.0. The molecule has 0 amide bonds. The summed E-state index contributed by atoms with van der Waals surface area (Å²) in [5.74, 6) is -0.475. The minimum atomic E-state index is -3.64. The Bertz CT molecular complexity index is 454. The van der Waals surface area contributed by atoms with E-state index >= 15 is 0 Å². The van der Waals surface area contributed by atoms with Gasteiger partial charge in [-0.3, -0.25) is 0 Å². The van der Waals surface area contributed by atoms with Crippen LogP contribution in [-0.2, 0) is 10.0 Å². The van der Waals surface area contributed by atoms with Crippen molar-refractivity contribution >= 4 is 10.0 Å². The van der Waals surface area contributed by atoms with E-state index in [1.54, 1.807) is 13.8 Å². The molecule has 4 nitrogen and oxygen atoms in total. The normalized spacial score (nSPS) is 12.8. The summed E-state index contributed by atoms with van der Waals surface area (Å²) in [4.78, 5) is 0.0235. The zero-order valence-electron chi connectivity index (χ0n) is 9.20. The lowest BCUT2D eigenvalue weighted by atomic mass is 10.1. The Morgan fingerprint density at radius 1 is 1.31 bits per heavy atom. The Morgan fingerprint density at radius 3 is 2.25 bits per heavy atom. The minimum absolute atomic E-state index is 0.0235. The Kier molecular flexibility index (Phi) is 3.67. The van der Waals surface area contributed by atoms with Crippen LogP contribution in [0.1, 0.15) is 13.8 Å². The summed E-state index contributed by atoms with van der Waals surface area (Å²) in [6.07, 6.45) is 0. The predicted octanol–water partition coefficient (Wildman–Crippen LogP) is 0.841. The van der Waals surface area contributed by atoms with Crippen LogP contribution in [0.3, 0.4) is 0 Å². The second kappa shape index (κ2) is 4.48. The van der Waals surface area contributed by atoms with Crippen LogP contribution in [-0.4, -0.2) is 20.5 Å². The molecule has 16 heavy (non-hydrogen) atoms. The molecule has 0 saturated heterocycles. The summed E-state index contributed by atoms with van der Waals surface area (Å²) in [6.45, 7) is 3.52. The molecule has 0 aromatic heterocycles. The molecule has 0 aliphatic rings. The van der Waals surface area contributed by atoms with Crippen molar-refractivity contribution in [1.29, 1.82) is 0 Å². The largest absolute Gasteiger partial charge is 0.329 e. The van der Waals surface area contributed by atoms with Crippen molar-refractivity contribution in [2.75, 3.05) is 6.54 Å². The molecule has 0 spiro atoms. The molecule has 1 aromatic rings. The van der Waals surface area contributed by atoms with Crippen LogP contribution in [0.5, 0.6) is 0 Å². The lowest BCUT2D eigenvalue weighted by molar-refractivity contribution is 0.462. The van der Waals surface area contributed by atoms with E-state index < -0.39 is 21.4 Å². The highest BCUT2D eigenvalue weighted by molar-refractivity contribution is 7.89. The third kappa shape index (κ3) is 3.26. The van der Waals surface area contributed by atoms with Gasteiger partial charge < -0.3 is 5.73 Å². The van der Waals surface area contributed by atoms with Crippen LogP contribution >= 0.6 is 0 Å². The Hall–Kier alpha value is -0.980. The van der Waals surface area contributed by atoms with E-state index in [0.29, 0.717) is 0 Å². The van der Waals surface area contributed by atoms with Crippen LogP contribution in [0.4, 0.5) is 4.39 Å². The molecule has 90 valence electrons. The van der Waals surface area contributed by atoms with E-state index in [1.807, 2.05) is 0 Å². The molecule has 0 aliphatic carbocycles. The van der Waals surface area contributed by atoms with Crippen molar-refractivity contribution in [3.05, 3.63) is 30.1 Å². The van der Waals surface area contributed by atoms with Gasteiger partial charge in [-0.1, -0.05) is 0 Å². The number of nitrogens with two attached hydrogens (primary N) is 1. The van der Waals surface area contributed by atoms with Gasteiger partial charge >= 0.3 is 0 Å². The molecule has 6 heteroatoms. The SMILES string of the molecule is CC(C)(CN)NS(=O)(=O)c1ccc(F)cc1. The van der Waals surface area contributed by atoms with E-state index in [1.165, 1.54) is 12.1 Å². The van der Waals surface area contributed by atoms with Gasteiger partial charge in [0.05, 0.1) is 4.90 Å². The Balaban J connectivity index is 2.99. The van der Waals surface area contributed by atoms with Crippen molar-refractivity contribution in [2.24, 2.45) is 5.73 Å². The maximum absolute atomic E-state index is 12.6. The molecule has 0 fully saturated rings. The first-order valence-electron chi connectivity index (χ1n) is 4.76. The van der Waals surface area contributed by atoms with Crippen LogP contribution in [0.2, 0.25) is 0 Å². The maximum Gasteiger partial charge on any atom is 0.241 e. The van der Waals surface area contributed by atoms with Crippen molar-refractivity contribution < 1.29 is 12.8 Å². The molecule has 0 unspecified atom stereocenters. The first-order valence-corrected chi connectivity index (χ1v) is 6.25. The van der Waals surface area contributed by atoms with Gasteiger partial charge in [0.25, 0.3) is 0 Å². The van der Waals surface area contributed by atoms with Crippen molar-refractivity contribution in [3.8, 4) is 0 Å². The molecular weight excluding hydrogens is 231 g/mol. The second-order valence-electron chi connectivity index (χ2n) is 4.15. The average Bonchev–Trinajstić information content (AvgIpc) is 2.17. The second-order valence-corrected chi connectivity index (χ2v) is 5.83. The lowest BCUT2D eigenvalue weighted by Crippen LogP contribution is -2.48. The summed E-state index contributed by atoms with van der Waals surface area (Å²) in [5.41, 5.74) is 4.70. The highest BCUT2D eigenvalue weighted by atomic mass is 32.2. The maximum atomic E-state index is 12.6. The van der Waals surface area contributed by atoms with Crippen molar-refractivity contribution in [3.63, 3.8) is 0 Å². The van der Waals surface area contributed by atoms with E-state index in [-0.39, 0.29) is 11.4 Å². The fourth-order valence-corrected chi connectivity index (χ4v) is 2.50. The monoisotopic (exact) mass is 246 g/mol. The minimum Gasteiger partial charge on any atom is -0.329 e. The van der Waals surface area contributed by atoms with Crippen LogP contribution < -0.4 is 10.5 Å². The van der Waals surface area contributed by atoms with Crippen LogP contribution in [0.15, 0.2) is 29.2 Å². The first-order chi connectivity index (χ1) is 7.27. The van der Waals surface area contributed by atoms with Crippen molar-refractivity contribution in [2.45, 2.75) is 24.3 Å². The number of hydrogen-bond acceptors (Lipinski definition) is 3. The average molecular weight is 246 g/mol. The topological polar surface area (TPSA) is 72.2 Å². The quantitative estimate of drug-likeness (QED) is 0.827. The molecule has 0 bridgehead atoms. The van der Waals surface area contributed by atoms with Gasteiger partial charge in [0.1, 0.15) is 5.82 Å². The number of nitrogens with one attached hydrogen (secondary N) is 1. The summed E-state index contributed by atoms with van der Waals surface area (Å²) in [6, 6.07) is 4.63. The molecular formula is C10H15FN2O2S. The van der Waals surface area contributed by atoms with Crippen molar-refractivity contribution in [1.82, 2.24) is 4.72 Å². The molecule has 0 atom stereocenters. The van der Waals surface area contributed by atoms with E-state index in [0.717, 1.165) is 12.1 Å². The molecule has 1 rings (SSSR count). The van der Waals surface area contributed by atoms with E-state index in [4.69, 9.17) is 5.73 Å². The van der Waals surface area contributed by atoms with Gasteiger partial charge in [-0.2, -0.15) is 0 Å². The van der Waals surface area contributed by atoms with Gasteiger partial charge in [-0.25, -0.2) is 17.5 Å². The van der Waals surface area contributed by atoms with E-state index in [9.17, 15) is 12.8 Å². The fraction of sp³-hybridized carbons (Fsp3) is 0.400. The number of halogens is 1. The van der Waals surface area contributed by atoms with Gasteiger partial charge in [0.2, 0.25) is 10.0 Å². The third-order valence-electron chi connectivity index (χ3n) is 2.04. The first kappa shape index (κ1) is 13.1.